The molecule has 0 radical (unpaired) electrons. The number of nitrogens with zero attached hydrogens (tertiary/aromatic N) is 3. The fraction of sp³-hybridized carbons (Fsp3) is 0.300. The van der Waals surface area contributed by atoms with Gasteiger partial charge in [0.15, 0.2) is 0 Å². The van der Waals surface area contributed by atoms with Crippen LogP contribution in [0.25, 0.3) is 55.1 Å². The van der Waals surface area contributed by atoms with Gasteiger partial charge in [-0.2, -0.15) is 0 Å². The Balaban J connectivity index is 1.38. The summed E-state index contributed by atoms with van der Waals surface area (Å²) in [4.78, 5) is 22.0. The van der Waals surface area contributed by atoms with Gasteiger partial charge in [0.25, 0.3) is 0 Å². The van der Waals surface area contributed by atoms with Crippen LogP contribution in [0.3, 0.4) is 0 Å². The highest BCUT2D eigenvalue weighted by atomic mass is 19.1. The topological polar surface area (TPSA) is 70.2 Å². The average Bonchev–Trinajstić information content (AvgIpc) is 3.62. The predicted octanol–water partition coefficient (Wildman–Crippen LogP) is 7.02. The van der Waals surface area contributed by atoms with E-state index >= 15 is 0 Å². The highest BCUT2D eigenvalue weighted by molar-refractivity contribution is 6.21. The van der Waals surface area contributed by atoms with Crippen LogP contribution in [-0.2, 0) is 5.41 Å². The Morgan fingerprint density at radius 3 is 2.33 bits per heavy atom. The smallest absolute Gasteiger partial charge is 0.141 e. The second-order valence-electron chi connectivity index (χ2n) is 11.4. The van der Waals surface area contributed by atoms with Crippen molar-refractivity contribution in [1.29, 1.82) is 0 Å². The lowest BCUT2D eigenvalue weighted by molar-refractivity contribution is 0.226. The van der Waals surface area contributed by atoms with Gasteiger partial charge in [0.2, 0.25) is 0 Å². The zero-order valence-electron chi connectivity index (χ0n) is 19.7. The maximum Gasteiger partial charge on any atom is 0.141 e. The summed E-state index contributed by atoms with van der Waals surface area (Å²) in [5.41, 5.74) is 6.97. The van der Waals surface area contributed by atoms with E-state index in [1.54, 1.807) is 18.3 Å². The fourth-order valence-corrected chi connectivity index (χ4v) is 8.39. The highest BCUT2D eigenvalue weighted by Crippen LogP contribution is 2.65. The molecule has 176 valence electrons. The molecule has 4 heterocycles. The summed E-state index contributed by atoms with van der Waals surface area (Å²) in [7, 11) is 0. The molecule has 2 unspecified atom stereocenters. The van der Waals surface area contributed by atoms with Gasteiger partial charge in [-0.25, -0.2) is 9.37 Å². The molecule has 2 aromatic carbocycles. The zero-order chi connectivity index (χ0) is 23.6. The van der Waals surface area contributed by atoms with Crippen LogP contribution in [0.2, 0.25) is 0 Å². The molecule has 4 aromatic heterocycles. The van der Waals surface area contributed by atoms with E-state index in [1.807, 2.05) is 24.4 Å². The molecule has 6 heteroatoms. The lowest BCUT2D eigenvalue weighted by Gasteiger charge is -2.38. The minimum atomic E-state index is -0.219. The van der Waals surface area contributed by atoms with E-state index in [1.165, 1.54) is 37.8 Å². The Morgan fingerprint density at radius 2 is 1.56 bits per heavy atom. The molecule has 0 spiro atoms. The second-order valence-corrected chi connectivity index (χ2v) is 11.4. The standard InChI is InChI=1S/C30H24FN5/c31-18-5-6-22-21(11-18)23(28(34-22)30-12-15-9-16(13-30)17(10-15)14-30)29-35-26-19-3-1-7-32-24(19)25-20(27(26)36-29)4-2-8-33-25/h1-8,11,15-17,34H,9-10,12-14H2,(H,35,36). The number of fused-ring (bicyclic) bond motifs is 7. The van der Waals surface area contributed by atoms with Gasteiger partial charge in [0.05, 0.1) is 22.1 Å². The summed E-state index contributed by atoms with van der Waals surface area (Å²) < 4.78 is 14.6. The van der Waals surface area contributed by atoms with E-state index in [9.17, 15) is 4.39 Å². The maximum absolute atomic E-state index is 14.6. The van der Waals surface area contributed by atoms with Crippen molar-refractivity contribution in [2.75, 3.05) is 0 Å². The number of imidazole rings is 1. The summed E-state index contributed by atoms with van der Waals surface area (Å²) in [5, 5.41) is 2.89. The molecule has 5 nitrogen and oxygen atoms in total. The number of pyridine rings is 2. The van der Waals surface area contributed by atoms with Crippen molar-refractivity contribution in [3.05, 3.63) is 66.4 Å². The van der Waals surface area contributed by atoms with Gasteiger partial charge in [-0.3, -0.25) is 9.97 Å². The molecule has 0 amide bonds. The first-order valence-corrected chi connectivity index (χ1v) is 13.0. The molecule has 36 heavy (non-hydrogen) atoms. The van der Waals surface area contributed by atoms with Crippen molar-refractivity contribution in [2.24, 2.45) is 17.8 Å². The summed E-state index contributed by atoms with van der Waals surface area (Å²) in [6.45, 7) is 0. The van der Waals surface area contributed by atoms with Crippen molar-refractivity contribution in [3.63, 3.8) is 0 Å². The molecule has 4 aliphatic carbocycles. The second kappa shape index (κ2) is 6.49. The van der Waals surface area contributed by atoms with Crippen LogP contribution in [0.15, 0.2) is 54.9 Å². The van der Waals surface area contributed by atoms with E-state index in [4.69, 9.17) is 4.98 Å². The summed E-state index contributed by atoms with van der Waals surface area (Å²) in [6.07, 6.45) is 10.1. The number of nitrogens with one attached hydrogen (secondary N) is 2. The van der Waals surface area contributed by atoms with Gasteiger partial charge in [-0.15, -0.1) is 0 Å². The maximum atomic E-state index is 14.6. The third-order valence-electron chi connectivity index (χ3n) is 9.52. The highest BCUT2D eigenvalue weighted by Gasteiger charge is 2.57. The first-order valence-electron chi connectivity index (χ1n) is 13.0. The van der Waals surface area contributed by atoms with E-state index in [2.05, 4.69) is 32.1 Å². The lowest BCUT2D eigenvalue weighted by Crippen LogP contribution is -2.32. The van der Waals surface area contributed by atoms with Crippen molar-refractivity contribution in [3.8, 4) is 11.4 Å². The first-order chi connectivity index (χ1) is 17.7. The average molecular weight is 474 g/mol. The van der Waals surface area contributed by atoms with Gasteiger partial charge in [0, 0.05) is 50.7 Å². The third-order valence-corrected chi connectivity index (χ3v) is 9.52. The number of hydrogen-bond donors (Lipinski definition) is 2. The fourth-order valence-electron chi connectivity index (χ4n) is 8.39. The molecule has 4 saturated carbocycles. The Morgan fingerprint density at radius 1 is 0.806 bits per heavy atom. The third kappa shape index (κ3) is 2.37. The van der Waals surface area contributed by atoms with E-state index in [-0.39, 0.29) is 11.2 Å². The molecule has 4 aliphatic rings. The van der Waals surface area contributed by atoms with Crippen molar-refractivity contribution in [2.45, 2.75) is 37.5 Å². The Hall–Kier alpha value is -3.80. The van der Waals surface area contributed by atoms with E-state index < -0.39 is 0 Å². The molecule has 6 aromatic rings. The molecular weight excluding hydrogens is 449 g/mol. The minimum Gasteiger partial charge on any atom is -0.357 e. The molecular formula is C30H24FN5. The molecule has 2 N–H and O–H groups in total. The molecule has 2 atom stereocenters. The van der Waals surface area contributed by atoms with E-state index in [0.29, 0.717) is 0 Å². The molecule has 4 fully saturated rings. The Kier molecular flexibility index (Phi) is 3.50. The minimum absolute atomic E-state index is 0.132. The number of halogens is 1. The number of H-pyrrole nitrogens is 2. The van der Waals surface area contributed by atoms with Crippen molar-refractivity contribution in [1.82, 2.24) is 24.9 Å². The molecule has 4 bridgehead atoms. The van der Waals surface area contributed by atoms with Gasteiger partial charge >= 0.3 is 0 Å². The van der Waals surface area contributed by atoms with Crippen molar-refractivity contribution >= 4 is 43.7 Å². The van der Waals surface area contributed by atoms with Crippen LogP contribution in [0, 0.1) is 23.6 Å². The van der Waals surface area contributed by atoms with Crippen LogP contribution in [-0.4, -0.2) is 24.9 Å². The lowest BCUT2D eigenvalue weighted by atomic mass is 9.67. The monoisotopic (exact) mass is 473 g/mol. The molecule has 0 saturated heterocycles. The summed E-state index contributed by atoms with van der Waals surface area (Å²) in [5.74, 6) is 3.07. The number of hydrogen-bond acceptors (Lipinski definition) is 3. The van der Waals surface area contributed by atoms with Crippen LogP contribution >= 0.6 is 0 Å². The number of rotatable bonds is 2. The van der Waals surface area contributed by atoms with Gasteiger partial charge < -0.3 is 9.97 Å². The van der Waals surface area contributed by atoms with Crippen LogP contribution in [0.4, 0.5) is 4.39 Å². The zero-order valence-corrected chi connectivity index (χ0v) is 19.7. The van der Waals surface area contributed by atoms with Crippen molar-refractivity contribution < 1.29 is 4.39 Å². The first kappa shape index (κ1) is 19.4. The number of benzene rings is 2. The largest absolute Gasteiger partial charge is 0.357 e. The van der Waals surface area contributed by atoms with Crippen LogP contribution in [0.5, 0.6) is 0 Å². The van der Waals surface area contributed by atoms with Gasteiger partial charge in [0.1, 0.15) is 11.6 Å². The quantitative estimate of drug-likeness (QED) is 0.265. The van der Waals surface area contributed by atoms with Crippen LogP contribution < -0.4 is 0 Å². The Labute approximate surface area is 206 Å². The molecule has 0 aliphatic heterocycles. The number of aromatic nitrogens is 5. The van der Waals surface area contributed by atoms with E-state index in [0.717, 1.165) is 72.9 Å². The van der Waals surface area contributed by atoms with Crippen LogP contribution in [0.1, 0.15) is 37.8 Å². The Bertz CT molecular complexity index is 1790. The summed E-state index contributed by atoms with van der Waals surface area (Å²) in [6, 6.07) is 13.1. The van der Waals surface area contributed by atoms with Gasteiger partial charge in [-0.1, -0.05) is 0 Å². The normalized spacial score (nSPS) is 26.9. The molecule has 10 rings (SSSR count). The number of aromatic amines is 2. The van der Waals surface area contributed by atoms with Gasteiger partial charge in [-0.05, 0) is 92.3 Å². The summed E-state index contributed by atoms with van der Waals surface area (Å²) >= 11 is 0. The SMILES string of the molecule is Fc1ccc2[nH]c(C34CC5CC(C3)C(C5)C4)c(-c3nc4c5cccnc5c5ncccc5c4[nH]3)c2c1. The predicted molar refractivity (Wildman–Crippen MR) is 139 cm³/mol.